The molecule has 5 aliphatic rings. The van der Waals surface area contributed by atoms with Crippen molar-refractivity contribution in [2.45, 2.75) is 35.8 Å². The molecule has 8 aromatic carbocycles. The lowest BCUT2D eigenvalue weighted by Gasteiger charge is -2.51. The van der Waals surface area contributed by atoms with E-state index in [0.29, 0.717) is 0 Å². The number of hydrogen-bond donors (Lipinski definition) is 0. The van der Waals surface area contributed by atoms with Crippen LogP contribution >= 0.6 is 0 Å². The Labute approximate surface area is 375 Å². The van der Waals surface area contributed by atoms with Gasteiger partial charge in [0.25, 0.3) is 0 Å². The molecule has 0 fully saturated rings. The van der Waals surface area contributed by atoms with E-state index in [-0.39, 0.29) is 12.1 Å². The fourth-order valence-electron chi connectivity index (χ4n) is 12.2. The molecule has 0 aromatic heterocycles. The molecule has 0 N–H and O–H groups in total. The van der Waals surface area contributed by atoms with Crippen LogP contribution in [0.4, 0.5) is 5.69 Å². The molecular weight excluding hydrogens is 775 g/mol. The van der Waals surface area contributed by atoms with Crippen molar-refractivity contribution in [3.8, 4) is 28.0 Å². The van der Waals surface area contributed by atoms with Gasteiger partial charge in [-0.25, -0.2) is 0 Å². The van der Waals surface area contributed by atoms with Crippen molar-refractivity contribution in [3.63, 3.8) is 0 Å². The summed E-state index contributed by atoms with van der Waals surface area (Å²) in [5, 5.41) is 0. The molecule has 1 aliphatic heterocycles. The lowest BCUT2D eigenvalue weighted by molar-refractivity contribution is 0.256. The van der Waals surface area contributed by atoms with Crippen molar-refractivity contribution in [3.05, 3.63) is 292 Å². The Morgan fingerprint density at radius 2 is 1.02 bits per heavy atom. The maximum Gasteiger partial charge on any atom is 0.149 e. The van der Waals surface area contributed by atoms with Gasteiger partial charge in [-0.3, -0.25) is 0 Å². The van der Waals surface area contributed by atoms with Gasteiger partial charge >= 0.3 is 0 Å². The molecule has 304 valence electrons. The highest BCUT2D eigenvalue weighted by molar-refractivity contribution is 5.92. The van der Waals surface area contributed by atoms with E-state index in [0.717, 1.165) is 24.3 Å². The SMILES string of the molecule is C1=CC(N(C2=CC=C(C3(c4ccccc4)c4ccccc4C4(c5ccccc5)c5ccccc5-c5cccc3c54)CC2)c2ccc(-c3ccccc3)cc2)C2Oc3ccccc3C2=C1. The minimum atomic E-state index is -0.537. The first-order chi connectivity index (χ1) is 31.8. The zero-order valence-electron chi connectivity index (χ0n) is 35.4. The number of benzene rings is 8. The molecule has 4 atom stereocenters. The van der Waals surface area contributed by atoms with Crippen LogP contribution in [0.3, 0.4) is 0 Å². The van der Waals surface area contributed by atoms with Crippen LogP contribution in [-0.2, 0) is 10.8 Å². The molecule has 0 radical (unpaired) electrons. The smallest absolute Gasteiger partial charge is 0.149 e. The van der Waals surface area contributed by atoms with E-state index < -0.39 is 10.8 Å². The Morgan fingerprint density at radius 3 is 1.73 bits per heavy atom. The van der Waals surface area contributed by atoms with E-state index in [1.165, 1.54) is 83.6 Å². The third-order valence-electron chi connectivity index (χ3n) is 14.7. The molecule has 4 aliphatic carbocycles. The van der Waals surface area contributed by atoms with E-state index in [4.69, 9.17) is 4.74 Å². The van der Waals surface area contributed by atoms with Gasteiger partial charge in [0.05, 0.1) is 16.9 Å². The van der Waals surface area contributed by atoms with Gasteiger partial charge in [0, 0.05) is 22.5 Å². The molecule has 13 rings (SSSR count). The Balaban J connectivity index is 1.02. The van der Waals surface area contributed by atoms with E-state index in [1.54, 1.807) is 0 Å². The van der Waals surface area contributed by atoms with E-state index in [1.807, 2.05) is 0 Å². The van der Waals surface area contributed by atoms with E-state index >= 15 is 0 Å². The second-order valence-electron chi connectivity index (χ2n) is 17.7. The highest BCUT2D eigenvalue weighted by atomic mass is 16.5. The summed E-state index contributed by atoms with van der Waals surface area (Å²) in [6, 6.07) is 76.5. The van der Waals surface area contributed by atoms with Crippen LogP contribution in [0.15, 0.2) is 248 Å². The minimum absolute atomic E-state index is 0.0444. The van der Waals surface area contributed by atoms with Crippen LogP contribution < -0.4 is 9.64 Å². The molecule has 2 heteroatoms. The highest BCUT2D eigenvalue weighted by Gasteiger charge is 2.58. The maximum absolute atomic E-state index is 6.87. The number of rotatable bonds is 7. The van der Waals surface area contributed by atoms with Crippen molar-refractivity contribution in [1.82, 2.24) is 0 Å². The number of fused-ring (bicyclic) bond motifs is 8. The minimum Gasteiger partial charge on any atom is -0.483 e. The van der Waals surface area contributed by atoms with Crippen LogP contribution in [0.25, 0.3) is 27.8 Å². The zero-order chi connectivity index (χ0) is 42.2. The van der Waals surface area contributed by atoms with Crippen LogP contribution in [0.2, 0.25) is 0 Å². The van der Waals surface area contributed by atoms with Gasteiger partial charge in [0.1, 0.15) is 11.9 Å². The van der Waals surface area contributed by atoms with Gasteiger partial charge in [-0.15, -0.1) is 0 Å². The summed E-state index contributed by atoms with van der Waals surface area (Å²) in [6.07, 6.45) is 13.3. The van der Waals surface area contributed by atoms with Crippen molar-refractivity contribution >= 4 is 11.3 Å². The summed E-state index contributed by atoms with van der Waals surface area (Å²) in [5.74, 6) is 0.955. The molecule has 8 aromatic rings. The van der Waals surface area contributed by atoms with Crippen LogP contribution in [0.1, 0.15) is 57.3 Å². The predicted molar refractivity (Wildman–Crippen MR) is 262 cm³/mol. The fraction of sp³-hybridized carbons (Fsp3) is 0.0968. The Hall–Kier alpha value is -7.68. The second-order valence-corrected chi connectivity index (χ2v) is 17.7. The predicted octanol–water partition coefficient (Wildman–Crippen LogP) is 14.3. The lowest BCUT2D eigenvalue weighted by atomic mass is 9.51. The van der Waals surface area contributed by atoms with Gasteiger partial charge < -0.3 is 9.64 Å². The number of nitrogens with zero attached hydrogens (tertiary/aromatic N) is 1. The molecule has 0 saturated heterocycles. The number of hydrogen-bond acceptors (Lipinski definition) is 2. The lowest BCUT2D eigenvalue weighted by Crippen LogP contribution is -2.46. The summed E-state index contributed by atoms with van der Waals surface area (Å²) in [6.45, 7) is 0. The molecule has 64 heavy (non-hydrogen) atoms. The van der Waals surface area contributed by atoms with Gasteiger partial charge in [-0.1, -0.05) is 218 Å². The summed E-state index contributed by atoms with van der Waals surface area (Å²) in [4.78, 5) is 2.56. The number of para-hydroxylation sites is 1. The fourth-order valence-corrected chi connectivity index (χ4v) is 12.2. The normalized spacial score (nSPS) is 21.8. The molecule has 0 spiro atoms. The molecular formula is C62H45NO. The van der Waals surface area contributed by atoms with Crippen molar-refractivity contribution in [1.29, 1.82) is 0 Å². The molecule has 0 amide bonds. The first-order valence-corrected chi connectivity index (χ1v) is 22.7. The topological polar surface area (TPSA) is 12.5 Å². The van der Waals surface area contributed by atoms with E-state index in [9.17, 15) is 0 Å². The average Bonchev–Trinajstić information content (AvgIpc) is 3.91. The largest absolute Gasteiger partial charge is 0.483 e. The Morgan fingerprint density at radius 1 is 0.438 bits per heavy atom. The van der Waals surface area contributed by atoms with Gasteiger partial charge in [-0.2, -0.15) is 0 Å². The molecule has 1 heterocycles. The standard InChI is InChI=1S/C62H45NO/c1-4-18-42(19-5-1)43-34-38-47(39-35-43)63(57-32-17-27-52-50-25-11-15-33-58(50)64-60(52)57)48-40-36-46(37-41-48)61(44-20-6-2-7-21-44)54-29-13-14-30-55(54)62(45-22-8-3-9-23-45)53-28-12-10-24-49(53)51-26-16-31-56(61)59(51)62/h1-36,38-40,57,60H,37,41H2. The van der Waals surface area contributed by atoms with Crippen LogP contribution in [-0.4, -0.2) is 12.1 Å². The summed E-state index contributed by atoms with van der Waals surface area (Å²) in [5.41, 5.74) is 19.8. The second kappa shape index (κ2) is 14.4. The maximum atomic E-state index is 6.87. The summed E-state index contributed by atoms with van der Waals surface area (Å²) >= 11 is 0. The highest BCUT2D eigenvalue weighted by Crippen LogP contribution is 2.66. The third kappa shape index (κ3) is 5.14. The van der Waals surface area contributed by atoms with Crippen molar-refractivity contribution in [2.75, 3.05) is 4.90 Å². The van der Waals surface area contributed by atoms with Crippen molar-refractivity contribution < 1.29 is 4.74 Å². The van der Waals surface area contributed by atoms with E-state index in [2.05, 4.69) is 242 Å². The Bertz CT molecular complexity index is 3250. The number of anilines is 1. The molecule has 4 unspecified atom stereocenters. The zero-order valence-corrected chi connectivity index (χ0v) is 35.4. The molecule has 2 nitrogen and oxygen atoms in total. The van der Waals surface area contributed by atoms with Crippen LogP contribution in [0.5, 0.6) is 5.75 Å². The first kappa shape index (κ1) is 36.9. The summed E-state index contributed by atoms with van der Waals surface area (Å²) < 4.78 is 6.87. The number of ether oxygens (including phenoxy) is 1. The molecule has 0 saturated carbocycles. The third-order valence-corrected chi connectivity index (χ3v) is 14.7. The monoisotopic (exact) mass is 819 g/mol. The average molecular weight is 820 g/mol. The van der Waals surface area contributed by atoms with Crippen molar-refractivity contribution in [2.24, 2.45) is 0 Å². The Kier molecular flexibility index (Phi) is 8.33. The van der Waals surface area contributed by atoms with Crippen LogP contribution in [0, 0.1) is 0 Å². The van der Waals surface area contributed by atoms with Gasteiger partial charge in [0.2, 0.25) is 0 Å². The van der Waals surface area contributed by atoms with Gasteiger partial charge in [0.15, 0.2) is 0 Å². The number of allylic oxidation sites excluding steroid dienone is 6. The van der Waals surface area contributed by atoms with Gasteiger partial charge in [-0.05, 0) is 98.3 Å². The first-order valence-electron chi connectivity index (χ1n) is 22.7. The quantitative estimate of drug-likeness (QED) is 0.159. The summed E-state index contributed by atoms with van der Waals surface area (Å²) in [7, 11) is 0. The molecule has 0 bridgehead atoms.